The average Bonchev–Trinajstić information content (AvgIpc) is 3.30. The van der Waals surface area contributed by atoms with Crippen molar-refractivity contribution in [1.82, 2.24) is 14.8 Å². The van der Waals surface area contributed by atoms with E-state index in [1.807, 2.05) is 36.4 Å². The van der Waals surface area contributed by atoms with Crippen LogP contribution in [0.4, 0.5) is 5.69 Å². The maximum Gasteiger partial charge on any atom is 0.0927 e. The van der Waals surface area contributed by atoms with Crippen LogP contribution in [0.15, 0.2) is 79.1 Å². The molecule has 4 heteroatoms. The Morgan fingerprint density at radius 3 is 2.63 bits per heavy atom. The van der Waals surface area contributed by atoms with Gasteiger partial charge in [-0.3, -0.25) is 5.10 Å². The number of nitrogens with one attached hydrogen (secondary N) is 1. The van der Waals surface area contributed by atoms with E-state index >= 15 is 0 Å². The van der Waals surface area contributed by atoms with Gasteiger partial charge in [-0.05, 0) is 41.3 Å². The molecule has 0 amide bonds. The van der Waals surface area contributed by atoms with Gasteiger partial charge in [0.25, 0.3) is 0 Å². The largest absolute Gasteiger partial charge is 0.399 e. The SMILES string of the molecule is Nc1ccc2cn(-c3ccccc3/C=C/c3n[nH]c4ccccc34)cc2c1. The minimum absolute atomic E-state index is 0.777. The third-order valence-corrected chi connectivity index (χ3v) is 4.80. The number of H-pyrrole nitrogens is 1. The number of nitrogens with two attached hydrogens (primary N) is 1. The van der Waals surface area contributed by atoms with Gasteiger partial charge in [0.1, 0.15) is 0 Å². The molecule has 0 bridgehead atoms. The first-order valence-corrected chi connectivity index (χ1v) is 8.86. The van der Waals surface area contributed by atoms with Gasteiger partial charge in [-0.25, -0.2) is 0 Å². The number of anilines is 1. The van der Waals surface area contributed by atoms with Crippen molar-refractivity contribution in [2.24, 2.45) is 0 Å². The molecule has 0 atom stereocenters. The fourth-order valence-corrected chi connectivity index (χ4v) is 3.44. The second-order valence-electron chi connectivity index (χ2n) is 6.60. The van der Waals surface area contributed by atoms with Crippen molar-refractivity contribution >= 4 is 39.5 Å². The molecule has 0 aliphatic rings. The first-order chi connectivity index (χ1) is 13.3. The Kier molecular flexibility index (Phi) is 3.54. The van der Waals surface area contributed by atoms with Gasteiger partial charge in [0.05, 0.1) is 16.9 Å². The summed E-state index contributed by atoms with van der Waals surface area (Å²) in [6.07, 6.45) is 8.41. The predicted octanol–water partition coefficient (Wildman–Crippen LogP) is 5.26. The normalized spacial score (nSPS) is 11.7. The molecule has 3 aromatic carbocycles. The van der Waals surface area contributed by atoms with E-state index in [1.165, 1.54) is 5.39 Å². The van der Waals surface area contributed by atoms with Crippen molar-refractivity contribution in [3.05, 3.63) is 90.4 Å². The molecule has 0 saturated carbocycles. The molecule has 2 aromatic heterocycles. The first-order valence-electron chi connectivity index (χ1n) is 8.86. The fraction of sp³-hybridized carbons (Fsp3) is 0. The van der Waals surface area contributed by atoms with E-state index < -0.39 is 0 Å². The highest BCUT2D eigenvalue weighted by Gasteiger charge is 2.06. The summed E-state index contributed by atoms with van der Waals surface area (Å²) in [6.45, 7) is 0. The van der Waals surface area contributed by atoms with Gasteiger partial charge in [-0.2, -0.15) is 5.10 Å². The molecule has 4 nitrogen and oxygen atoms in total. The van der Waals surface area contributed by atoms with Crippen LogP contribution in [0.5, 0.6) is 0 Å². The van der Waals surface area contributed by atoms with Crippen molar-refractivity contribution in [3.63, 3.8) is 0 Å². The van der Waals surface area contributed by atoms with E-state index in [9.17, 15) is 0 Å². The average molecular weight is 350 g/mol. The van der Waals surface area contributed by atoms with Crippen molar-refractivity contribution in [3.8, 4) is 5.69 Å². The molecular weight excluding hydrogens is 332 g/mol. The third kappa shape index (κ3) is 2.77. The fourth-order valence-electron chi connectivity index (χ4n) is 3.44. The summed E-state index contributed by atoms with van der Waals surface area (Å²) in [7, 11) is 0. The molecule has 5 rings (SSSR count). The molecule has 0 aliphatic carbocycles. The second-order valence-corrected chi connectivity index (χ2v) is 6.60. The van der Waals surface area contributed by atoms with E-state index in [0.717, 1.165) is 38.9 Å². The molecule has 0 unspecified atom stereocenters. The lowest BCUT2D eigenvalue weighted by Gasteiger charge is -2.07. The molecule has 0 aliphatic heterocycles. The second kappa shape index (κ2) is 6.18. The summed E-state index contributed by atoms with van der Waals surface area (Å²) < 4.78 is 2.15. The zero-order chi connectivity index (χ0) is 18.2. The Morgan fingerprint density at radius 1 is 0.852 bits per heavy atom. The Hall–Kier alpha value is -3.79. The van der Waals surface area contributed by atoms with Crippen LogP contribution in [0.3, 0.4) is 0 Å². The van der Waals surface area contributed by atoms with Gasteiger partial charge in [0, 0.05) is 28.9 Å². The van der Waals surface area contributed by atoms with Gasteiger partial charge >= 0.3 is 0 Å². The summed E-state index contributed by atoms with van der Waals surface area (Å²) in [6, 6.07) is 22.5. The number of hydrogen-bond donors (Lipinski definition) is 2. The van der Waals surface area contributed by atoms with Gasteiger partial charge in [0.15, 0.2) is 0 Å². The molecule has 130 valence electrons. The predicted molar refractivity (Wildman–Crippen MR) is 113 cm³/mol. The van der Waals surface area contributed by atoms with Crippen LogP contribution < -0.4 is 5.73 Å². The van der Waals surface area contributed by atoms with E-state index in [1.54, 1.807) is 0 Å². The van der Waals surface area contributed by atoms with Crippen LogP contribution in [-0.4, -0.2) is 14.8 Å². The Labute approximate surface area is 156 Å². The maximum atomic E-state index is 5.92. The zero-order valence-corrected chi connectivity index (χ0v) is 14.6. The Bertz CT molecular complexity index is 1290. The van der Waals surface area contributed by atoms with E-state index in [4.69, 9.17) is 5.73 Å². The summed E-state index contributed by atoms with van der Waals surface area (Å²) in [5.74, 6) is 0. The quantitative estimate of drug-likeness (QED) is 0.436. The summed E-state index contributed by atoms with van der Waals surface area (Å²) >= 11 is 0. The van der Waals surface area contributed by atoms with Crippen molar-refractivity contribution in [2.75, 3.05) is 5.73 Å². The van der Waals surface area contributed by atoms with Crippen molar-refractivity contribution < 1.29 is 0 Å². The first kappa shape index (κ1) is 15.5. The topological polar surface area (TPSA) is 59.6 Å². The molecule has 2 heterocycles. The van der Waals surface area contributed by atoms with Crippen LogP contribution in [0.25, 0.3) is 39.5 Å². The minimum Gasteiger partial charge on any atom is -0.399 e. The smallest absolute Gasteiger partial charge is 0.0927 e. The molecule has 0 radical (unpaired) electrons. The summed E-state index contributed by atoms with van der Waals surface area (Å²) in [5, 5.41) is 10.9. The van der Waals surface area contributed by atoms with Gasteiger partial charge in [0.2, 0.25) is 0 Å². The Balaban J connectivity index is 1.57. The van der Waals surface area contributed by atoms with Crippen LogP contribution in [0, 0.1) is 0 Å². The van der Waals surface area contributed by atoms with Gasteiger partial charge in [-0.15, -0.1) is 0 Å². The Morgan fingerprint density at radius 2 is 1.67 bits per heavy atom. The number of hydrogen-bond acceptors (Lipinski definition) is 2. The van der Waals surface area contributed by atoms with Crippen LogP contribution in [-0.2, 0) is 0 Å². The molecule has 0 spiro atoms. The van der Waals surface area contributed by atoms with Crippen LogP contribution in [0.2, 0.25) is 0 Å². The monoisotopic (exact) mass is 350 g/mol. The molecule has 0 saturated heterocycles. The third-order valence-electron chi connectivity index (χ3n) is 4.80. The van der Waals surface area contributed by atoms with Crippen LogP contribution >= 0.6 is 0 Å². The number of aromatic nitrogens is 3. The minimum atomic E-state index is 0.777. The number of aromatic amines is 1. The number of para-hydroxylation sites is 2. The molecule has 0 fully saturated rings. The summed E-state index contributed by atoms with van der Waals surface area (Å²) in [5.41, 5.74) is 10.9. The number of nitrogen functional groups attached to an aromatic ring is 1. The molecule has 27 heavy (non-hydrogen) atoms. The highest BCUT2D eigenvalue weighted by Crippen LogP contribution is 2.25. The lowest BCUT2D eigenvalue weighted by Crippen LogP contribution is -1.92. The summed E-state index contributed by atoms with van der Waals surface area (Å²) in [4.78, 5) is 0. The van der Waals surface area contributed by atoms with E-state index in [0.29, 0.717) is 0 Å². The van der Waals surface area contributed by atoms with E-state index in [-0.39, 0.29) is 0 Å². The van der Waals surface area contributed by atoms with Gasteiger partial charge in [-0.1, -0.05) is 48.5 Å². The zero-order valence-electron chi connectivity index (χ0n) is 14.6. The van der Waals surface area contributed by atoms with Crippen molar-refractivity contribution in [1.29, 1.82) is 0 Å². The standard InChI is InChI=1S/C23H18N4/c24-19-11-9-17-14-27(15-18(17)13-19)23-8-4-1-5-16(23)10-12-22-20-6-2-3-7-21(20)25-26-22/h1-15H,24H2,(H,25,26)/b12-10+. The number of rotatable bonds is 3. The maximum absolute atomic E-state index is 5.92. The van der Waals surface area contributed by atoms with Crippen LogP contribution in [0.1, 0.15) is 11.3 Å². The number of benzene rings is 3. The molecule has 3 N–H and O–H groups in total. The highest BCUT2D eigenvalue weighted by molar-refractivity contribution is 5.90. The van der Waals surface area contributed by atoms with E-state index in [2.05, 4.69) is 69.6 Å². The number of fused-ring (bicyclic) bond motifs is 2. The van der Waals surface area contributed by atoms with Gasteiger partial charge < -0.3 is 10.3 Å². The lowest BCUT2D eigenvalue weighted by atomic mass is 10.1. The molecular formula is C23H18N4. The lowest BCUT2D eigenvalue weighted by molar-refractivity contribution is 1.08. The van der Waals surface area contributed by atoms with Crippen molar-refractivity contribution in [2.45, 2.75) is 0 Å². The highest BCUT2D eigenvalue weighted by atomic mass is 15.1. The number of nitrogens with zero attached hydrogens (tertiary/aromatic N) is 2. The molecule has 5 aromatic rings.